The minimum Gasteiger partial charge on any atom is -0.495 e. The van der Waals surface area contributed by atoms with Crippen LogP contribution in [0.5, 0.6) is 5.75 Å². The van der Waals surface area contributed by atoms with Crippen molar-refractivity contribution in [1.82, 2.24) is 4.90 Å². The minimum absolute atomic E-state index is 0.0849. The summed E-state index contributed by atoms with van der Waals surface area (Å²) < 4.78 is 5.30. The Hall–Kier alpha value is -1.82. The molecule has 114 valence electrons. The van der Waals surface area contributed by atoms with Gasteiger partial charge in [0.2, 0.25) is 0 Å². The third-order valence-electron chi connectivity index (χ3n) is 3.62. The minimum atomic E-state index is -0.0849. The molecule has 0 aromatic heterocycles. The van der Waals surface area contributed by atoms with Crippen LogP contribution in [0.4, 0.5) is 10.5 Å². The van der Waals surface area contributed by atoms with Crippen LogP contribution in [-0.4, -0.2) is 36.1 Å². The van der Waals surface area contributed by atoms with Crippen molar-refractivity contribution in [2.75, 3.05) is 25.5 Å². The molecule has 0 bridgehead atoms. The van der Waals surface area contributed by atoms with Crippen molar-refractivity contribution < 1.29 is 9.53 Å². The standard InChI is InChI=1S/C15H21N3O2S/c1-20-13-10-11(14(16)21)6-7-12(13)17-15(19)18-8-4-2-3-5-9-18/h6-7,10H,2-5,8-9H2,1H3,(H2,16,21)(H,17,19). The fourth-order valence-electron chi connectivity index (χ4n) is 2.42. The van der Waals surface area contributed by atoms with Crippen LogP contribution in [0.2, 0.25) is 0 Å². The zero-order chi connectivity index (χ0) is 15.2. The molecule has 1 aliphatic rings. The molecule has 21 heavy (non-hydrogen) atoms. The van der Waals surface area contributed by atoms with E-state index in [9.17, 15) is 4.79 Å². The van der Waals surface area contributed by atoms with Crippen LogP contribution in [0.25, 0.3) is 0 Å². The number of nitrogens with zero attached hydrogens (tertiary/aromatic N) is 1. The molecule has 2 rings (SSSR count). The Bertz CT molecular complexity index is 526. The fourth-order valence-corrected chi connectivity index (χ4v) is 2.54. The number of rotatable bonds is 3. The molecule has 2 amide bonds. The molecule has 0 atom stereocenters. The summed E-state index contributed by atoms with van der Waals surface area (Å²) in [4.78, 5) is 14.5. The molecule has 1 heterocycles. The maximum Gasteiger partial charge on any atom is 0.321 e. The highest BCUT2D eigenvalue weighted by molar-refractivity contribution is 7.80. The Balaban J connectivity index is 2.10. The van der Waals surface area contributed by atoms with Gasteiger partial charge in [0.1, 0.15) is 10.7 Å². The van der Waals surface area contributed by atoms with E-state index in [4.69, 9.17) is 22.7 Å². The van der Waals surface area contributed by atoms with Gasteiger partial charge in [-0.25, -0.2) is 4.79 Å². The van der Waals surface area contributed by atoms with Gasteiger partial charge in [0, 0.05) is 18.7 Å². The van der Waals surface area contributed by atoms with Gasteiger partial charge in [-0.05, 0) is 31.0 Å². The first-order chi connectivity index (χ1) is 10.1. The quantitative estimate of drug-likeness (QED) is 0.843. The van der Waals surface area contributed by atoms with E-state index in [0.29, 0.717) is 16.4 Å². The number of benzene rings is 1. The molecule has 0 radical (unpaired) electrons. The van der Waals surface area contributed by atoms with Gasteiger partial charge in [0.05, 0.1) is 12.8 Å². The van der Waals surface area contributed by atoms with Gasteiger partial charge in [-0.1, -0.05) is 25.1 Å². The van der Waals surface area contributed by atoms with E-state index in [1.807, 2.05) is 4.90 Å². The van der Waals surface area contributed by atoms with Crippen LogP contribution in [0.15, 0.2) is 18.2 Å². The Kier molecular flexibility index (Phi) is 5.38. The first kappa shape index (κ1) is 15.6. The van der Waals surface area contributed by atoms with Crippen molar-refractivity contribution >= 4 is 28.9 Å². The summed E-state index contributed by atoms with van der Waals surface area (Å²) >= 11 is 4.94. The van der Waals surface area contributed by atoms with Gasteiger partial charge < -0.3 is 20.7 Å². The number of likely N-dealkylation sites (tertiary alicyclic amines) is 1. The molecule has 0 spiro atoms. The van der Waals surface area contributed by atoms with Gasteiger partial charge in [0.25, 0.3) is 0 Å². The molecule has 1 saturated heterocycles. The molecule has 0 saturated carbocycles. The van der Waals surface area contributed by atoms with E-state index < -0.39 is 0 Å². The zero-order valence-corrected chi connectivity index (χ0v) is 13.0. The Morgan fingerprint density at radius 3 is 2.52 bits per heavy atom. The molecule has 3 N–H and O–H groups in total. The zero-order valence-electron chi connectivity index (χ0n) is 12.2. The van der Waals surface area contributed by atoms with Crippen molar-refractivity contribution in [3.8, 4) is 5.75 Å². The molecule has 1 fully saturated rings. The van der Waals surface area contributed by atoms with Crippen LogP contribution < -0.4 is 15.8 Å². The second-order valence-electron chi connectivity index (χ2n) is 5.11. The number of methoxy groups -OCH3 is 1. The van der Waals surface area contributed by atoms with Crippen molar-refractivity contribution in [3.05, 3.63) is 23.8 Å². The number of thiocarbonyl (C=S) groups is 1. The summed E-state index contributed by atoms with van der Waals surface area (Å²) in [7, 11) is 1.56. The molecule has 1 aromatic rings. The van der Waals surface area contributed by atoms with Gasteiger partial charge in [0.15, 0.2) is 0 Å². The first-order valence-electron chi connectivity index (χ1n) is 7.15. The number of ether oxygens (including phenoxy) is 1. The monoisotopic (exact) mass is 307 g/mol. The summed E-state index contributed by atoms with van der Waals surface area (Å²) in [5.74, 6) is 0.559. The lowest BCUT2D eigenvalue weighted by atomic mass is 10.2. The molecule has 1 aliphatic heterocycles. The van der Waals surface area contributed by atoms with Crippen LogP contribution >= 0.6 is 12.2 Å². The highest BCUT2D eigenvalue weighted by atomic mass is 32.1. The number of nitrogens with two attached hydrogens (primary N) is 1. The van der Waals surface area contributed by atoms with Crippen LogP contribution in [0.1, 0.15) is 31.2 Å². The first-order valence-corrected chi connectivity index (χ1v) is 7.56. The van der Waals surface area contributed by atoms with Crippen molar-refractivity contribution in [1.29, 1.82) is 0 Å². The topological polar surface area (TPSA) is 67.6 Å². The van der Waals surface area contributed by atoms with E-state index in [-0.39, 0.29) is 6.03 Å². The molecular formula is C15H21N3O2S. The Morgan fingerprint density at radius 1 is 1.29 bits per heavy atom. The maximum atomic E-state index is 12.3. The summed E-state index contributed by atoms with van der Waals surface area (Å²) in [6, 6.07) is 5.20. The largest absolute Gasteiger partial charge is 0.495 e. The lowest BCUT2D eigenvalue weighted by Gasteiger charge is -2.21. The number of nitrogens with one attached hydrogen (secondary N) is 1. The van der Waals surface area contributed by atoms with E-state index in [1.165, 1.54) is 12.8 Å². The fraction of sp³-hybridized carbons (Fsp3) is 0.467. The Morgan fingerprint density at radius 2 is 1.95 bits per heavy atom. The number of hydrogen-bond donors (Lipinski definition) is 2. The summed E-state index contributed by atoms with van der Waals surface area (Å²) in [5, 5.41) is 2.90. The van der Waals surface area contributed by atoms with Crippen molar-refractivity contribution in [2.24, 2.45) is 5.73 Å². The molecule has 6 heteroatoms. The summed E-state index contributed by atoms with van der Waals surface area (Å²) in [6.45, 7) is 1.61. The number of carbonyl (C=O) groups excluding carboxylic acids is 1. The third kappa shape index (κ3) is 4.07. The second-order valence-corrected chi connectivity index (χ2v) is 5.55. The van der Waals surface area contributed by atoms with E-state index >= 15 is 0 Å². The number of anilines is 1. The van der Waals surface area contributed by atoms with Gasteiger partial charge in [-0.2, -0.15) is 0 Å². The highest BCUT2D eigenvalue weighted by Crippen LogP contribution is 2.26. The number of carbonyl (C=O) groups is 1. The van der Waals surface area contributed by atoms with Crippen LogP contribution in [-0.2, 0) is 0 Å². The average molecular weight is 307 g/mol. The molecule has 0 unspecified atom stereocenters. The van der Waals surface area contributed by atoms with Gasteiger partial charge in [-0.3, -0.25) is 0 Å². The molecule has 5 nitrogen and oxygen atoms in total. The van der Waals surface area contributed by atoms with Crippen molar-refractivity contribution in [3.63, 3.8) is 0 Å². The highest BCUT2D eigenvalue weighted by Gasteiger charge is 2.17. The van der Waals surface area contributed by atoms with Gasteiger partial charge >= 0.3 is 6.03 Å². The van der Waals surface area contributed by atoms with E-state index in [2.05, 4.69) is 5.32 Å². The van der Waals surface area contributed by atoms with E-state index in [1.54, 1.807) is 25.3 Å². The SMILES string of the molecule is COc1cc(C(N)=S)ccc1NC(=O)N1CCCCCC1. The van der Waals surface area contributed by atoms with E-state index in [0.717, 1.165) is 31.5 Å². The Labute approximate surface area is 130 Å². The second kappa shape index (κ2) is 7.26. The summed E-state index contributed by atoms with van der Waals surface area (Å²) in [5.41, 5.74) is 6.95. The lowest BCUT2D eigenvalue weighted by Crippen LogP contribution is -2.35. The maximum absolute atomic E-state index is 12.3. The predicted molar refractivity (Wildman–Crippen MR) is 87.9 cm³/mol. The normalized spacial score (nSPS) is 15.2. The third-order valence-corrected chi connectivity index (χ3v) is 3.86. The van der Waals surface area contributed by atoms with Crippen molar-refractivity contribution in [2.45, 2.75) is 25.7 Å². The number of amides is 2. The smallest absolute Gasteiger partial charge is 0.321 e. The number of urea groups is 1. The van der Waals surface area contributed by atoms with Gasteiger partial charge in [-0.15, -0.1) is 0 Å². The average Bonchev–Trinajstić information content (AvgIpc) is 2.76. The lowest BCUT2D eigenvalue weighted by molar-refractivity contribution is 0.213. The predicted octanol–water partition coefficient (Wildman–Crippen LogP) is 2.74. The number of hydrogen-bond acceptors (Lipinski definition) is 3. The van der Waals surface area contributed by atoms with Crippen LogP contribution in [0, 0.1) is 0 Å². The molecule has 0 aliphatic carbocycles. The van der Waals surface area contributed by atoms with Crippen LogP contribution in [0.3, 0.4) is 0 Å². The summed E-state index contributed by atoms with van der Waals surface area (Å²) in [6.07, 6.45) is 4.50. The molecular weight excluding hydrogens is 286 g/mol. The molecule has 1 aromatic carbocycles.